The fraction of sp³-hybridized carbons (Fsp3) is 0.833. The van der Waals surface area contributed by atoms with Gasteiger partial charge in [0, 0.05) is 12.6 Å². The van der Waals surface area contributed by atoms with Crippen LogP contribution in [-0.2, 0) is 4.74 Å². The number of amides is 1. The molecule has 0 aromatic rings. The first-order valence-corrected chi connectivity index (χ1v) is 3.38. The molecule has 1 aliphatic heterocycles. The molecule has 2 N–H and O–H groups in total. The van der Waals surface area contributed by atoms with E-state index in [1.165, 1.54) is 7.11 Å². The Balaban J connectivity index is 0.000001000. The molecular weight excluding hydrogens is 168 g/mol. The molecule has 5 heteroatoms. The number of ether oxygens (including phenoxy) is 1. The van der Waals surface area contributed by atoms with Gasteiger partial charge in [-0.15, -0.1) is 12.4 Å². The van der Waals surface area contributed by atoms with Crippen LogP contribution in [0.4, 0.5) is 4.79 Å². The van der Waals surface area contributed by atoms with Crippen LogP contribution in [0.2, 0.25) is 0 Å². The Labute approximate surface area is 72.1 Å². The van der Waals surface area contributed by atoms with Crippen LogP contribution in [0.5, 0.6) is 0 Å². The second-order valence-electron chi connectivity index (χ2n) is 2.33. The molecule has 66 valence electrons. The summed E-state index contributed by atoms with van der Waals surface area (Å²) in [5.41, 5.74) is 0. The van der Waals surface area contributed by atoms with Gasteiger partial charge in [0.15, 0.2) is 0 Å². The number of hydrogen-bond donors (Lipinski definition) is 2. The van der Waals surface area contributed by atoms with E-state index in [4.69, 9.17) is 0 Å². The summed E-state index contributed by atoms with van der Waals surface area (Å²) in [5, 5.41) is 5.84. The van der Waals surface area contributed by atoms with E-state index < -0.39 is 0 Å². The van der Waals surface area contributed by atoms with Crippen molar-refractivity contribution in [3.8, 4) is 0 Å². The smallest absolute Gasteiger partial charge is 0.407 e. The number of halogens is 1. The maximum absolute atomic E-state index is 10.6. The van der Waals surface area contributed by atoms with E-state index >= 15 is 0 Å². The van der Waals surface area contributed by atoms with E-state index in [-0.39, 0.29) is 24.5 Å². The van der Waals surface area contributed by atoms with Gasteiger partial charge >= 0.3 is 6.09 Å². The van der Waals surface area contributed by atoms with Crippen molar-refractivity contribution in [2.24, 2.45) is 0 Å². The van der Waals surface area contributed by atoms with Crippen LogP contribution in [0.25, 0.3) is 0 Å². The molecule has 0 aromatic heterocycles. The van der Waals surface area contributed by atoms with Crippen molar-refractivity contribution in [3.05, 3.63) is 0 Å². The lowest BCUT2D eigenvalue weighted by Gasteiger charge is -2.08. The summed E-state index contributed by atoms with van der Waals surface area (Å²) in [6, 6.07) is 0.257. The standard InChI is InChI=1S/C6H12N2O2.ClH/c1-10-6(9)8-5-2-3-7-4-5;/h5,7H,2-4H2,1H3,(H,8,9);1H/t5-;/m0./s1. The molecule has 0 spiro atoms. The molecule has 1 amide bonds. The zero-order valence-electron chi connectivity index (χ0n) is 6.42. The zero-order chi connectivity index (χ0) is 7.40. The molecule has 1 aliphatic rings. The third kappa shape index (κ3) is 3.43. The summed E-state index contributed by atoms with van der Waals surface area (Å²) >= 11 is 0. The van der Waals surface area contributed by atoms with Crippen LogP contribution in [0.3, 0.4) is 0 Å². The molecule has 1 rings (SSSR count). The Hall–Kier alpha value is -0.480. The van der Waals surface area contributed by atoms with Crippen molar-refractivity contribution < 1.29 is 9.53 Å². The van der Waals surface area contributed by atoms with Gasteiger partial charge in [0.05, 0.1) is 7.11 Å². The molecule has 0 bridgehead atoms. The van der Waals surface area contributed by atoms with Gasteiger partial charge < -0.3 is 15.4 Å². The van der Waals surface area contributed by atoms with E-state index in [1.54, 1.807) is 0 Å². The highest BCUT2D eigenvalue weighted by atomic mass is 35.5. The molecule has 0 aromatic carbocycles. The number of nitrogens with one attached hydrogen (secondary N) is 2. The lowest BCUT2D eigenvalue weighted by Crippen LogP contribution is -2.35. The Kier molecular flexibility index (Phi) is 4.98. The summed E-state index contributed by atoms with van der Waals surface area (Å²) < 4.78 is 4.43. The minimum atomic E-state index is -0.339. The normalized spacial score (nSPS) is 22.1. The third-order valence-electron chi connectivity index (χ3n) is 1.57. The summed E-state index contributed by atoms with van der Waals surface area (Å²) in [6.07, 6.45) is 0.656. The van der Waals surface area contributed by atoms with Gasteiger partial charge in [0.1, 0.15) is 0 Å². The van der Waals surface area contributed by atoms with Crippen LogP contribution in [0, 0.1) is 0 Å². The minimum Gasteiger partial charge on any atom is -0.453 e. The van der Waals surface area contributed by atoms with Crippen LogP contribution in [0.15, 0.2) is 0 Å². The molecule has 1 atom stereocenters. The highest BCUT2D eigenvalue weighted by Crippen LogP contribution is 1.96. The quantitative estimate of drug-likeness (QED) is 0.603. The van der Waals surface area contributed by atoms with Crippen molar-refractivity contribution in [1.82, 2.24) is 10.6 Å². The van der Waals surface area contributed by atoms with Crippen molar-refractivity contribution in [2.45, 2.75) is 12.5 Å². The number of hydrogen-bond acceptors (Lipinski definition) is 3. The Morgan fingerprint density at radius 3 is 2.91 bits per heavy atom. The fourth-order valence-electron chi connectivity index (χ4n) is 1.00. The first-order valence-electron chi connectivity index (χ1n) is 3.38. The second-order valence-corrected chi connectivity index (χ2v) is 2.33. The minimum absolute atomic E-state index is 0. The monoisotopic (exact) mass is 180 g/mol. The Bertz CT molecular complexity index is 126. The van der Waals surface area contributed by atoms with Crippen LogP contribution < -0.4 is 10.6 Å². The Morgan fingerprint density at radius 2 is 2.45 bits per heavy atom. The molecule has 1 heterocycles. The molecule has 11 heavy (non-hydrogen) atoms. The summed E-state index contributed by atoms with van der Waals surface area (Å²) in [4.78, 5) is 10.6. The van der Waals surface area contributed by atoms with Crippen molar-refractivity contribution in [1.29, 1.82) is 0 Å². The molecule has 0 radical (unpaired) electrons. The molecule has 0 aliphatic carbocycles. The largest absolute Gasteiger partial charge is 0.453 e. The predicted molar refractivity (Wildman–Crippen MR) is 44.1 cm³/mol. The average molecular weight is 181 g/mol. The number of carbonyl (C=O) groups excluding carboxylic acids is 1. The van der Waals surface area contributed by atoms with E-state index in [0.717, 1.165) is 19.5 Å². The van der Waals surface area contributed by atoms with Gasteiger partial charge in [-0.25, -0.2) is 4.79 Å². The lowest BCUT2D eigenvalue weighted by molar-refractivity contribution is 0.167. The zero-order valence-corrected chi connectivity index (χ0v) is 7.24. The summed E-state index contributed by atoms with van der Waals surface area (Å²) in [5.74, 6) is 0. The SMILES string of the molecule is COC(=O)N[C@H]1CCNC1.Cl. The first-order chi connectivity index (χ1) is 4.83. The molecule has 1 saturated heterocycles. The van der Waals surface area contributed by atoms with Gasteiger partial charge in [-0.3, -0.25) is 0 Å². The van der Waals surface area contributed by atoms with Crippen molar-refractivity contribution >= 4 is 18.5 Å². The maximum atomic E-state index is 10.6. The topological polar surface area (TPSA) is 50.4 Å². The molecule has 0 unspecified atom stereocenters. The number of alkyl carbamates (subject to hydrolysis) is 1. The predicted octanol–water partition coefficient (Wildman–Crippen LogP) is 0.126. The van der Waals surface area contributed by atoms with E-state index in [2.05, 4.69) is 15.4 Å². The third-order valence-corrected chi connectivity index (χ3v) is 1.57. The molecule has 0 saturated carbocycles. The van der Waals surface area contributed by atoms with Gasteiger partial charge in [-0.2, -0.15) is 0 Å². The fourth-order valence-corrected chi connectivity index (χ4v) is 1.00. The first kappa shape index (κ1) is 10.5. The number of methoxy groups -OCH3 is 1. The van der Waals surface area contributed by atoms with Gasteiger partial charge in [-0.1, -0.05) is 0 Å². The van der Waals surface area contributed by atoms with Gasteiger partial charge in [0.25, 0.3) is 0 Å². The number of carbonyl (C=O) groups is 1. The summed E-state index contributed by atoms with van der Waals surface area (Å²) in [7, 11) is 1.37. The lowest BCUT2D eigenvalue weighted by atomic mass is 10.3. The maximum Gasteiger partial charge on any atom is 0.407 e. The molecule has 4 nitrogen and oxygen atoms in total. The highest BCUT2D eigenvalue weighted by molar-refractivity contribution is 5.85. The highest BCUT2D eigenvalue weighted by Gasteiger charge is 2.15. The average Bonchev–Trinajstić information content (AvgIpc) is 2.40. The van der Waals surface area contributed by atoms with Crippen LogP contribution in [-0.4, -0.2) is 32.3 Å². The molecule has 1 fully saturated rings. The Morgan fingerprint density at radius 1 is 1.73 bits per heavy atom. The van der Waals surface area contributed by atoms with Gasteiger partial charge in [0.2, 0.25) is 0 Å². The van der Waals surface area contributed by atoms with E-state index in [9.17, 15) is 4.79 Å². The number of rotatable bonds is 1. The van der Waals surface area contributed by atoms with Crippen LogP contribution >= 0.6 is 12.4 Å². The van der Waals surface area contributed by atoms with Crippen molar-refractivity contribution in [3.63, 3.8) is 0 Å². The van der Waals surface area contributed by atoms with E-state index in [1.807, 2.05) is 0 Å². The molecular formula is C6H13ClN2O2. The second kappa shape index (κ2) is 5.21. The van der Waals surface area contributed by atoms with Gasteiger partial charge in [-0.05, 0) is 13.0 Å². The van der Waals surface area contributed by atoms with Crippen molar-refractivity contribution in [2.75, 3.05) is 20.2 Å². The van der Waals surface area contributed by atoms with Crippen LogP contribution in [0.1, 0.15) is 6.42 Å². The summed E-state index contributed by atoms with van der Waals surface area (Å²) in [6.45, 7) is 1.84. The van der Waals surface area contributed by atoms with E-state index in [0.29, 0.717) is 0 Å².